The fourth-order valence-electron chi connectivity index (χ4n) is 3.89. The second-order valence-electron chi connectivity index (χ2n) is 8.35. The Labute approximate surface area is 185 Å². The molecule has 8 heteroatoms. The first-order valence-electron chi connectivity index (χ1n) is 10.3. The van der Waals surface area contributed by atoms with Gasteiger partial charge in [0.15, 0.2) is 0 Å². The van der Waals surface area contributed by atoms with Crippen molar-refractivity contribution >= 4 is 17.6 Å². The van der Waals surface area contributed by atoms with Crippen molar-refractivity contribution in [2.75, 3.05) is 11.9 Å². The predicted octanol–water partition coefficient (Wildman–Crippen LogP) is 2.81. The van der Waals surface area contributed by atoms with E-state index in [2.05, 4.69) is 20.6 Å². The molecular weight excluding hydrogens is 409 g/mol. The normalized spacial score (nSPS) is 15.1. The van der Waals surface area contributed by atoms with Crippen molar-refractivity contribution in [1.82, 2.24) is 15.3 Å². The summed E-state index contributed by atoms with van der Waals surface area (Å²) in [6.45, 7) is 3.84. The smallest absolute Gasteiger partial charge is 0.251 e. The van der Waals surface area contributed by atoms with Gasteiger partial charge in [-0.1, -0.05) is 24.3 Å². The summed E-state index contributed by atoms with van der Waals surface area (Å²) in [7, 11) is 0. The standard InChI is InChI=1S/C24H24FN5O2/c1-24(2)19-20(27-13-28-21(19)30-23(24)32)15-6-4-7-16(11-15)22(31)29-18(12-26)10-14-5-3-8-17(25)9-14/h3-9,11,13,18H,10,12,26H2,1-2H3,(H,29,31)(H,27,28,30,32). The monoisotopic (exact) mass is 433 g/mol. The van der Waals surface area contributed by atoms with Crippen molar-refractivity contribution < 1.29 is 14.0 Å². The minimum atomic E-state index is -0.792. The van der Waals surface area contributed by atoms with Gasteiger partial charge in [-0.3, -0.25) is 9.59 Å². The fourth-order valence-corrected chi connectivity index (χ4v) is 3.89. The van der Waals surface area contributed by atoms with Crippen molar-refractivity contribution in [2.45, 2.75) is 31.7 Å². The Bertz CT molecular complexity index is 1190. The lowest BCUT2D eigenvalue weighted by atomic mass is 9.84. The Hall–Kier alpha value is -3.65. The summed E-state index contributed by atoms with van der Waals surface area (Å²) in [5.74, 6) is -0.284. The molecule has 2 amide bonds. The first-order chi connectivity index (χ1) is 15.3. The van der Waals surface area contributed by atoms with Gasteiger partial charge < -0.3 is 16.4 Å². The van der Waals surface area contributed by atoms with E-state index in [9.17, 15) is 14.0 Å². The molecule has 32 heavy (non-hydrogen) atoms. The number of nitrogens with one attached hydrogen (secondary N) is 2. The third-order valence-corrected chi connectivity index (χ3v) is 5.66. The molecule has 1 aliphatic rings. The highest BCUT2D eigenvalue weighted by Gasteiger charge is 2.42. The summed E-state index contributed by atoms with van der Waals surface area (Å²) in [6.07, 6.45) is 1.81. The molecule has 164 valence electrons. The molecular formula is C24H24FN5O2. The highest BCUT2D eigenvalue weighted by Crippen LogP contribution is 2.41. The number of carbonyl (C=O) groups excluding carboxylic acids is 2. The molecule has 0 radical (unpaired) electrons. The summed E-state index contributed by atoms with van der Waals surface area (Å²) in [6, 6.07) is 12.9. The SMILES string of the molecule is CC1(C)C(=O)Nc2ncnc(-c3cccc(C(=O)NC(CN)Cc4cccc(F)c4)c3)c21. The summed E-state index contributed by atoms with van der Waals surface area (Å²) in [4.78, 5) is 33.9. The third-order valence-electron chi connectivity index (χ3n) is 5.66. The zero-order valence-corrected chi connectivity index (χ0v) is 17.9. The second kappa shape index (κ2) is 8.47. The van der Waals surface area contributed by atoms with Gasteiger partial charge in [0.2, 0.25) is 5.91 Å². The number of anilines is 1. The molecule has 1 aromatic heterocycles. The summed E-state index contributed by atoms with van der Waals surface area (Å²) in [5.41, 5.74) is 8.25. The Kier molecular flexibility index (Phi) is 5.71. The van der Waals surface area contributed by atoms with Gasteiger partial charge in [-0.05, 0) is 50.1 Å². The van der Waals surface area contributed by atoms with Crippen LogP contribution in [0.25, 0.3) is 11.3 Å². The maximum Gasteiger partial charge on any atom is 0.251 e. The van der Waals surface area contributed by atoms with Gasteiger partial charge >= 0.3 is 0 Å². The zero-order valence-electron chi connectivity index (χ0n) is 17.9. The van der Waals surface area contributed by atoms with Crippen LogP contribution >= 0.6 is 0 Å². The van der Waals surface area contributed by atoms with Gasteiger partial charge in [-0.15, -0.1) is 0 Å². The number of nitrogens with two attached hydrogens (primary N) is 1. The Morgan fingerprint density at radius 1 is 1.19 bits per heavy atom. The molecule has 1 aliphatic heterocycles. The maximum absolute atomic E-state index is 13.5. The Morgan fingerprint density at radius 3 is 2.72 bits per heavy atom. The van der Waals surface area contributed by atoms with E-state index in [1.54, 1.807) is 30.3 Å². The van der Waals surface area contributed by atoms with Crippen LogP contribution < -0.4 is 16.4 Å². The number of halogens is 1. The van der Waals surface area contributed by atoms with Crippen molar-refractivity contribution in [3.63, 3.8) is 0 Å². The van der Waals surface area contributed by atoms with Gasteiger partial charge in [0, 0.05) is 29.3 Å². The summed E-state index contributed by atoms with van der Waals surface area (Å²) >= 11 is 0. The highest BCUT2D eigenvalue weighted by molar-refractivity contribution is 6.06. The minimum Gasteiger partial charge on any atom is -0.348 e. The van der Waals surface area contributed by atoms with Crippen LogP contribution in [0.2, 0.25) is 0 Å². The number of hydrogen-bond donors (Lipinski definition) is 3. The lowest BCUT2D eigenvalue weighted by Crippen LogP contribution is -2.41. The molecule has 0 aliphatic carbocycles. The van der Waals surface area contributed by atoms with E-state index >= 15 is 0 Å². The molecule has 0 saturated heterocycles. The first-order valence-corrected chi connectivity index (χ1v) is 10.3. The van der Waals surface area contributed by atoms with Gasteiger partial charge in [0.05, 0.1) is 11.1 Å². The molecule has 2 heterocycles. The zero-order chi connectivity index (χ0) is 22.9. The molecule has 1 unspecified atom stereocenters. The first kappa shape index (κ1) is 21.6. The van der Waals surface area contributed by atoms with Crippen LogP contribution in [-0.4, -0.2) is 34.4 Å². The van der Waals surface area contributed by atoms with Crippen molar-refractivity contribution in [2.24, 2.45) is 5.73 Å². The summed E-state index contributed by atoms with van der Waals surface area (Å²) < 4.78 is 13.5. The number of nitrogens with zero attached hydrogens (tertiary/aromatic N) is 2. The number of benzene rings is 2. The van der Waals surface area contributed by atoms with E-state index in [4.69, 9.17) is 5.73 Å². The average Bonchev–Trinajstić information content (AvgIpc) is 3.01. The van der Waals surface area contributed by atoms with Crippen LogP contribution in [0.5, 0.6) is 0 Å². The van der Waals surface area contributed by atoms with Crippen LogP contribution in [0.1, 0.15) is 35.3 Å². The van der Waals surface area contributed by atoms with Crippen LogP contribution in [0.3, 0.4) is 0 Å². The van der Waals surface area contributed by atoms with E-state index in [0.29, 0.717) is 34.6 Å². The van der Waals surface area contributed by atoms with Gasteiger partial charge in [-0.2, -0.15) is 0 Å². The molecule has 0 bridgehead atoms. The minimum absolute atomic E-state index is 0.147. The summed E-state index contributed by atoms with van der Waals surface area (Å²) in [5, 5.41) is 5.71. The number of hydrogen-bond acceptors (Lipinski definition) is 5. The molecule has 4 N–H and O–H groups in total. The van der Waals surface area contributed by atoms with Gasteiger partial charge in [-0.25, -0.2) is 14.4 Å². The topological polar surface area (TPSA) is 110 Å². The average molecular weight is 433 g/mol. The van der Waals surface area contributed by atoms with E-state index in [1.165, 1.54) is 18.5 Å². The number of carbonyl (C=O) groups is 2. The molecule has 4 rings (SSSR count). The fraction of sp³-hybridized carbons (Fsp3) is 0.250. The molecule has 0 saturated carbocycles. The lowest BCUT2D eigenvalue weighted by molar-refractivity contribution is -0.119. The molecule has 0 spiro atoms. The molecule has 7 nitrogen and oxygen atoms in total. The maximum atomic E-state index is 13.5. The molecule has 0 fully saturated rings. The van der Waals surface area contributed by atoms with Crippen molar-refractivity contribution in [1.29, 1.82) is 0 Å². The van der Waals surface area contributed by atoms with E-state index in [-0.39, 0.29) is 30.2 Å². The largest absolute Gasteiger partial charge is 0.348 e. The number of fused-ring (bicyclic) bond motifs is 1. The molecule has 2 aromatic carbocycles. The van der Waals surface area contributed by atoms with Crippen LogP contribution in [0.4, 0.5) is 10.2 Å². The highest BCUT2D eigenvalue weighted by atomic mass is 19.1. The van der Waals surface area contributed by atoms with Crippen molar-refractivity contribution in [3.8, 4) is 11.3 Å². The van der Waals surface area contributed by atoms with E-state index < -0.39 is 5.41 Å². The van der Waals surface area contributed by atoms with Crippen LogP contribution in [0, 0.1) is 5.82 Å². The van der Waals surface area contributed by atoms with Gasteiger partial charge in [0.1, 0.15) is 18.0 Å². The quantitative estimate of drug-likeness (QED) is 0.554. The Balaban J connectivity index is 1.58. The Morgan fingerprint density at radius 2 is 1.97 bits per heavy atom. The number of amides is 2. The molecule has 1 atom stereocenters. The van der Waals surface area contributed by atoms with E-state index in [0.717, 1.165) is 5.56 Å². The molecule has 3 aromatic rings. The third kappa shape index (κ3) is 4.09. The predicted molar refractivity (Wildman–Crippen MR) is 120 cm³/mol. The van der Waals surface area contributed by atoms with Crippen LogP contribution in [-0.2, 0) is 16.6 Å². The van der Waals surface area contributed by atoms with Crippen LogP contribution in [0.15, 0.2) is 54.9 Å². The number of aromatic nitrogens is 2. The number of rotatable bonds is 6. The van der Waals surface area contributed by atoms with Crippen molar-refractivity contribution in [3.05, 3.63) is 77.4 Å². The van der Waals surface area contributed by atoms with E-state index in [1.807, 2.05) is 19.9 Å². The second-order valence-corrected chi connectivity index (χ2v) is 8.35. The lowest BCUT2D eigenvalue weighted by Gasteiger charge is -2.19. The van der Waals surface area contributed by atoms with Gasteiger partial charge in [0.25, 0.3) is 5.91 Å².